The molecule has 7 nitrogen and oxygen atoms in total. The smallest absolute Gasteiger partial charge is 0.169 e. The lowest BCUT2D eigenvalue weighted by atomic mass is 9.83. The van der Waals surface area contributed by atoms with Crippen molar-refractivity contribution in [3.05, 3.63) is 192 Å². The molecule has 66 heavy (non-hydrogen) atoms. The lowest BCUT2D eigenvalue weighted by molar-refractivity contribution is -0.0884. The van der Waals surface area contributed by atoms with Crippen molar-refractivity contribution in [1.29, 1.82) is 0 Å². The summed E-state index contributed by atoms with van der Waals surface area (Å²) >= 11 is 0. The lowest BCUT2D eigenvalue weighted by Gasteiger charge is -2.35. The van der Waals surface area contributed by atoms with Crippen LogP contribution in [-0.2, 0) is 22.7 Å². The van der Waals surface area contributed by atoms with Gasteiger partial charge < -0.3 is 28.4 Å². The first-order valence-electron chi connectivity index (χ1n) is 23.3. The Bertz CT molecular complexity index is 2680. The highest BCUT2D eigenvalue weighted by atomic mass is 31.1. The fourth-order valence-electron chi connectivity index (χ4n) is 10.7. The van der Waals surface area contributed by atoms with Crippen LogP contribution >= 0.6 is 15.8 Å². The van der Waals surface area contributed by atoms with E-state index in [2.05, 4.69) is 175 Å². The van der Waals surface area contributed by atoms with Crippen LogP contribution < -0.4 is 50.8 Å². The quantitative estimate of drug-likeness (QED) is 0.134. The fraction of sp³-hybridized carbons (Fsp3) is 0.263. The molecule has 0 unspecified atom stereocenters. The van der Waals surface area contributed by atoms with Crippen molar-refractivity contribution >= 4 is 47.7 Å². The number of methoxy groups -OCH3 is 2. The topological polar surface area (TPSA) is 58.6 Å². The van der Waals surface area contributed by atoms with Gasteiger partial charge in [-0.3, -0.25) is 0 Å². The van der Waals surface area contributed by atoms with Gasteiger partial charge in [-0.25, -0.2) is 4.90 Å². The van der Waals surface area contributed by atoms with Crippen LogP contribution in [0.15, 0.2) is 170 Å². The molecule has 9 heteroatoms. The third-order valence-corrected chi connectivity index (χ3v) is 18.7. The van der Waals surface area contributed by atoms with Crippen LogP contribution in [0.2, 0.25) is 0 Å². The minimum atomic E-state index is -1.11. The minimum Gasteiger partial charge on any atom is -0.493 e. The first-order chi connectivity index (χ1) is 32.7. The van der Waals surface area contributed by atoms with Crippen LogP contribution in [0.25, 0.3) is 0 Å². The van der Waals surface area contributed by atoms with Crippen molar-refractivity contribution in [2.75, 3.05) is 20.8 Å². The first kappa shape index (κ1) is 43.1. The Balaban J connectivity index is 1.21. The van der Waals surface area contributed by atoms with Crippen molar-refractivity contribution in [3.63, 3.8) is 0 Å². The van der Waals surface area contributed by atoms with Gasteiger partial charge in [-0.1, -0.05) is 165 Å². The monoisotopic (exact) mass is 911 g/mol. The number of rotatable bonds is 9. The van der Waals surface area contributed by atoms with Gasteiger partial charge in [0.05, 0.1) is 44.1 Å². The van der Waals surface area contributed by atoms with Gasteiger partial charge in [-0.2, -0.15) is 0 Å². The van der Waals surface area contributed by atoms with Gasteiger partial charge in [0, 0.05) is 0 Å². The second-order valence-electron chi connectivity index (χ2n) is 17.5. The zero-order valence-corrected chi connectivity index (χ0v) is 39.3. The van der Waals surface area contributed by atoms with Crippen LogP contribution in [-0.4, -0.2) is 37.9 Å². The Morgan fingerprint density at radius 2 is 0.909 bits per heavy atom. The number of fused-ring (bicyclic) bond motifs is 5. The van der Waals surface area contributed by atoms with Crippen molar-refractivity contribution in [2.24, 2.45) is 5.92 Å². The second kappa shape index (κ2) is 19.4. The molecule has 0 amide bonds. The van der Waals surface area contributed by atoms with Crippen LogP contribution in [0.5, 0.6) is 23.0 Å². The molecule has 11 rings (SSSR count). The number of nitrogens with zero attached hydrogens (tertiary/aromatic N) is 1. The molecule has 4 atom stereocenters. The highest BCUT2D eigenvalue weighted by Gasteiger charge is 2.56. The zero-order valence-electron chi connectivity index (χ0n) is 37.5. The van der Waals surface area contributed by atoms with Crippen LogP contribution in [0.1, 0.15) is 66.8 Å². The Morgan fingerprint density at radius 3 is 1.35 bits per heavy atom. The van der Waals surface area contributed by atoms with E-state index in [9.17, 15) is 0 Å². The van der Waals surface area contributed by atoms with E-state index in [-0.39, 0.29) is 12.1 Å². The van der Waals surface area contributed by atoms with Gasteiger partial charge in [-0.15, -0.1) is 0 Å². The Labute approximate surface area is 391 Å². The molecule has 334 valence electrons. The number of hydrogen-bond acceptors (Lipinski definition) is 7. The molecule has 7 aromatic carbocycles. The van der Waals surface area contributed by atoms with E-state index in [0.29, 0.717) is 48.7 Å². The first-order valence-corrected chi connectivity index (χ1v) is 26.0. The standard InChI is InChI=1S/C57H55NO6P2/c1-59-47-32-34-49(65(42-24-10-4-11-25-42)43-26-12-5-13-27-43)51-54(47)61-36-40-22-18-19-23-41(40)37-62-55-48(60-2)33-35-50(66(44-28-14-6-15-29-44)45-30-16-7-17-31-45)52(55)57-58-46(38-63-56(51)58)53(64-57)39-20-8-3-9-21-39/h4-7,10-19,22-35,39,46,53,56-57H,3,8-9,20-21,36-38H2,1-2H3/t46-,53-,56-,57+/m0/s1. The summed E-state index contributed by atoms with van der Waals surface area (Å²) in [5.41, 5.74) is 4.02. The molecular weight excluding hydrogens is 857 g/mol. The summed E-state index contributed by atoms with van der Waals surface area (Å²) in [6.07, 6.45) is 4.73. The van der Waals surface area contributed by atoms with Crippen LogP contribution in [0, 0.1) is 5.92 Å². The van der Waals surface area contributed by atoms with Crippen molar-refractivity contribution in [1.82, 2.24) is 4.90 Å². The molecule has 0 spiro atoms. The van der Waals surface area contributed by atoms with Gasteiger partial charge in [0.15, 0.2) is 23.0 Å². The zero-order chi connectivity index (χ0) is 44.4. The Kier molecular flexibility index (Phi) is 12.6. The summed E-state index contributed by atoms with van der Waals surface area (Å²) in [7, 11) is 1.28. The molecule has 1 saturated carbocycles. The minimum absolute atomic E-state index is 0.0383. The second-order valence-corrected chi connectivity index (χ2v) is 21.8. The molecule has 7 aromatic rings. The molecule has 0 radical (unpaired) electrons. The predicted octanol–water partition coefficient (Wildman–Crippen LogP) is 10.1. The molecule has 1 aliphatic carbocycles. The molecule has 0 N–H and O–H groups in total. The average molecular weight is 912 g/mol. The SMILES string of the molecule is COc1ccc(P(c2ccccc2)c2ccccc2)c2c1OCc1ccccc1COc1c(OC)ccc(P(c3ccccc3)c3ccccc3)c1[C@@H]1OC[C@H]3[C@H](C4CCCCC4)O[C@H]2N13. The molecular formula is C57H55NO6P2. The summed E-state index contributed by atoms with van der Waals surface area (Å²) in [5.74, 6) is 3.12. The van der Waals surface area contributed by atoms with Crippen molar-refractivity contribution in [2.45, 2.75) is 69.9 Å². The van der Waals surface area contributed by atoms with Gasteiger partial charge in [0.25, 0.3) is 0 Å². The van der Waals surface area contributed by atoms with Gasteiger partial charge in [0.2, 0.25) is 0 Å². The molecule has 3 heterocycles. The Morgan fingerprint density at radius 1 is 0.485 bits per heavy atom. The van der Waals surface area contributed by atoms with E-state index < -0.39 is 28.3 Å². The molecule has 3 fully saturated rings. The highest BCUT2D eigenvalue weighted by molar-refractivity contribution is 7.80. The third-order valence-electron chi connectivity index (χ3n) is 13.7. The molecule has 3 aliphatic heterocycles. The Hall–Kier alpha value is -5.52. The number of ether oxygens (including phenoxy) is 6. The van der Waals surface area contributed by atoms with Crippen molar-refractivity contribution < 1.29 is 28.4 Å². The normalized spacial score (nSPS) is 20.7. The van der Waals surface area contributed by atoms with Crippen molar-refractivity contribution in [3.8, 4) is 23.0 Å². The number of benzene rings is 7. The van der Waals surface area contributed by atoms with Gasteiger partial charge in [0.1, 0.15) is 25.7 Å². The highest BCUT2D eigenvalue weighted by Crippen LogP contribution is 2.56. The fourth-order valence-corrected chi connectivity index (χ4v) is 15.6. The summed E-state index contributed by atoms with van der Waals surface area (Å²) in [4.78, 5) is 2.55. The molecule has 0 aromatic heterocycles. The largest absolute Gasteiger partial charge is 0.493 e. The van der Waals surface area contributed by atoms with Gasteiger partial charge in [-0.05, 0) is 102 Å². The lowest BCUT2D eigenvalue weighted by Crippen LogP contribution is -2.39. The van der Waals surface area contributed by atoms with E-state index in [1.807, 2.05) is 0 Å². The van der Waals surface area contributed by atoms with E-state index in [4.69, 9.17) is 28.4 Å². The van der Waals surface area contributed by atoms with Gasteiger partial charge >= 0.3 is 0 Å². The number of hydrogen-bond donors (Lipinski definition) is 0. The van der Waals surface area contributed by atoms with Crippen LogP contribution in [0.3, 0.4) is 0 Å². The summed E-state index contributed by atoms with van der Waals surface area (Å²) in [5, 5.41) is 7.29. The maximum atomic E-state index is 7.83. The van der Waals surface area contributed by atoms with E-state index in [0.717, 1.165) is 40.4 Å². The summed E-state index contributed by atoms with van der Waals surface area (Å²) in [6.45, 7) is 1.12. The predicted molar refractivity (Wildman–Crippen MR) is 267 cm³/mol. The molecule has 4 aliphatic rings. The summed E-state index contributed by atoms with van der Waals surface area (Å²) < 4.78 is 42.3. The maximum absolute atomic E-state index is 7.83. The summed E-state index contributed by atoms with van der Waals surface area (Å²) in [6, 6.07) is 60.7. The van der Waals surface area contributed by atoms with Crippen LogP contribution in [0.4, 0.5) is 0 Å². The van der Waals surface area contributed by atoms with E-state index in [1.165, 1.54) is 45.8 Å². The van der Waals surface area contributed by atoms with E-state index in [1.54, 1.807) is 14.2 Å². The molecule has 0 bridgehead atoms. The molecule has 2 saturated heterocycles. The average Bonchev–Trinajstić information content (AvgIpc) is 3.98. The van der Waals surface area contributed by atoms with E-state index >= 15 is 0 Å². The maximum Gasteiger partial charge on any atom is 0.169 e. The third kappa shape index (κ3) is 8.10.